The molecule has 0 amide bonds. The van der Waals surface area contributed by atoms with E-state index in [-0.39, 0.29) is 30.6 Å². The summed E-state index contributed by atoms with van der Waals surface area (Å²) in [5.74, 6) is -0.108. The fourth-order valence-electron chi connectivity index (χ4n) is 1.86. The molecule has 0 saturated heterocycles. The molecule has 100 valence electrons. The lowest BCUT2D eigenvalue weighted by Crippen LogP contribution is -2.20. The van der Waals surface area contributed by atoms with Gasteiger partial charge >= 0.3 is 0 Å². The summed E-state index contributed by atoms with van der Waals surface area (Å²) in [4.78, 5) is 0. The van der Waals surface area contributed by atoms with E-state index in [1.807, 2.05) is 0 Å². The van der Waals surface area contributed by atoms with Gasteiger partial charge in [-0.25, -0.2) is 4.39 Å². The topological polar surface area (TPSA) is 55.5 Å². The first kappa shape index (κ1) is 13.4. The van der Waals surface area contributed by atoms with Crippen LogP contribution in [0.15, 0.2) is 48.5 Å². The molecule has 0 aromatic heterocycles. The highest BCUT2D eigenvalue weighted by atomic mass is 19.1. The van der Waals surface area contributed by atoms with Crippen LogP contribution in [0, 0.1) is 5.82 Å². The molecule has 1 unspecified atom stereocenters. The molecule has 2 aromatic rings. The molecular weight excluding hydrogens is 245 g/mol. The predicted octanol–water partition coefficient (Wildman–Crippen LogP) is 2.65. The second-order valence-electron chi connectivity index (χ2n) is 4.23. The van der Waals surface area contributed by atoms with Crippen molar-refractivity contribution in [3.05, 3.63) is 59.9 Å². The van der Waals surface area contributed by atoms with Gasteiger partial charge in [0.15, 0.2) is 11.5 Å². The van der Waals surface area contributed by atoms with E-state index in [4.69, 9.17) is 10.5 Å². The van der Waals surface area contributed by atoms with Crippen molar-refractivity contribution < 1.29 is 14.2 Å². The minimum Gasteiger partial charge on any atom is -0.504 e. The van der Waals surface area contributed by atoms with Gasteiger partial charge in [0.05, 0.1) is 6.61 Å². The summed E-state index contributed by atoms with van der Waals surface area (Å²) in [6.45, 7) is 0.490. The van der Waals surface area contributed by atoms with Crippen molar-refractivity contribution >= 4 is 0 Å². The Labute approximate surface area is 111 Å². The number of phenolic OH excluding ortho intramolecular Hbond substituents is 1. The highest BCUT2D eigenvalue weighted by molar-refractivity contribution is 5.38. The van der Waals surface area contributed by atoms with Crippen molar-refractivity contribution in [1.29, 1.82) is 0 Å². The Kier molecular flexibility index (Phi) is 4.36. The fourth-order valence-corrected chi connectivity index (χ4v) is 1.86. The van der Waals surface area contributed by atoms with Gasteiger partial charge in [-0.2, -0.15) is 0 Å². The number of ether oxygens (including phenoxy) is 1. The number of aromatic hydroxyl groups is 1. The van der Waals surface area contributed by atoms with Crippen molar-refractivity contribution in [3.8, 4) is 11.5 Å². The summed E-state index contributed by atoms with van der Waals surface area (Å²) >= 11 is 0. The van der Waals surface area contributed by atoms with E-state index in [0.29, 0.717) is 11.3 Å². The van der Waals surface area contributed by atoms with Gasteiger partial charge in [0, 0.05) is 12.5 Å². The van der Waals surface area contributed by atoms with Crippen LogP contribution in [0.25, 0.3) is 0 Å². The molecule has 0 radical (unpaired) electrons. The normalized spacial score (nSPS) is 12.1. The van der Waals surface area contributed by atoms with Crippen molar-refractivity contribution in [2.24, 2.45) is 5.73 Å². The van der Waals surface area contributed by atoms with Crippen molar-refractivity contribution in [2.75, 3.05) is 13.2 Å². The standard InChI is InChI=1S/C15H16FNO2/c16-13-6-2-1-5-12(13)11(9-17)10-19-15-8-4-3-7-14(15)18/h1-8,11,18H,9-10,17H2. The van der Waals surface area contributed by atoms with E-state index < -0.39 is 0 Å². The average molecular weight is 261 g/mol. The number of nitrogens with two attached hydrogens (primary N) is 1. The Hall–Kier alpha value is -2.07. The Bertz CT molecular complexity index is 545. The molecule has 1 atom stereocenters. The van der Waals surface area contributed by atoms with E-state index in [0.717, 1.165) is 0 Å². The van der Waals surface area contributed by atoms with Crippen LogP contribution in [0.3, 0.4) is 0 Å². The maximum atomic E-state index is 13.7. The third kappa shape index (κ3) is 3.23. The van der Waals surface area contributed by atoms with Crippen LogP contribution < -0.4 is 10.5 Å². The van der Waals surface area contributed by atoms with E-state index in [2.05, 4.69) is 0 Å². The molecule has 2 rings (SSSR count). The number of hydrogen-bond donors (Lipinski definition) is 2. The Morgan fingerprint density at radius 3 is 2.47 bits per heavy atom. The fraction of sp³-hybridized carbons (Fsp3) is 0.200. The quantitative estimate of drug-likeness (QED) is 0.870. The Morgan fingerprint density at radius 1 is 1.11 bits per heavy atom. The highest BCUT2D eigenvalue weighted by Gasteiger charge is 2.15. The molecule has 0 heterocycles. The summed E-state index contributed by atoms with van der Waals surface area (Å²) in [6.07, 6.45) is 0. The lowest BCUT2D eigenvalue weighted by atomic mass is 10.00. The lowest BCUT2D eigenvalue weighted by Gasteiger charge is -2.17. The van der Waals surface area contributed by atoms with Crippen LogP contribution in [-0.2, 0) is 0 Å². The van der Waals surface area contributed by atoms with Crippen molar-refractivity contribution in [1.82, 2.24) is 0 Å². The third-order valence-corrected chi connectivity index (χ3v) is 2.93. The van der Waals surface area contributed by atoms with Crippen LogP contribution in [-0.4, -0.2) is 18.3 Å². The largest absolute Gasteiger partial charge is 0.504 e. The Balaban J connectivity index is 2.09. The van der Waals surface area contributed by atoms with Crippen LogP contribution in [0.4, 0.5) is 4.39 Å². The summed E-state index contributed by atoms with van der Waals surface area (Å²) in [5.41, 5.74) is 6.19. The molecule has 4 heteroatoms. The molecule has 0 saturated carbocycles. The number of hydrogen-bond acceptors (Lipinski definition) is 3. The molecular formula is C15H16FNO2. The van der Waals surface area contributed by atoms with Crippen LogP contribution in [0.5, 0.6) is 11.5 Å². The molecule has 0 bridgehead atoms. The van der Waals surface area contributed by atoms with Gasteiger partial charge in [0.2, 0.25) is 0 Å². The minimum absolute atomic E-state index is 0.0619. The average Bonchev–Trinajstić information content (AvgIpc) is 2.43. The van der Waals surface area contributed by atoms with Gasteiger partial charge < -0.3 is 15.6 Å². The third-order valence-electron chi connectivity index (χ3n) is 2.93. The maximum Gasteiger partial charge on any atom is 0.160 e. The molecule has 0 aliphatic heterocycles. The van der Waals surface area contributed by atoms with Gasteiger partial charge in [-0.3, -0.25) is 0 Å². The summed E-state index contributed by atoms with van der Waals surface area (Å²) in [5, 5.41) is 9.59. The van der Waals surface area contributed by atoms with E-state index >= 15 is 0 Å². The lowest BCUT2D eigenvalue weighted by molar-refractivity contribution is 0.274. The van der Waals surface area contributed by atoms with Gasteiger partial charge in [-0.15, -0.1) is 0 Å². The van der Waals surface area contributed by atoms with Crippen LogP contribution >= 0.6 is 0 Å². The Morgan fingerprint density at radius 2 is 1.79 bits per heavy atom. The highest BCUT2D eigenvalue weighted by Crippen LogP contribution is 2.26. The zero-order valence-corrected chi connectivity index (χ0v) is 10.4. The van der Waals surface area contributed by atoms with Crippen LogP contribution in [0.1, 0.15) is 11.5 Å². The molecule has 0 aliphatic carbocycles. The number of rotatable bonds is 5. The van der Waals surface area contributed by atoms with Gasteiger partial charge in [0.1, 0.15) is 5.82 Å². The molecule has 3 N–H and O–H groups in total. The number of phenols is 1. The van der Waals surface area contributed by atoms with Crippen molar-refractivity contribution in [3.63, 3.8) is 0 Å². The maximum absolute atomic E-state index is 13.7. The minimum atomic E-state index is -0.293. The smallest absolute Gasteiger partial charge is 0.160 e. The number of halogens is 1. The SMILES string of the molecule is NCC(COc1ccccc1O)c1ccccc1F. The molecule has 0 aliphatic rings. The second-order valence-corrected chi connectivity index (χ2v) is 4.23. The first-order valence-electron chi connectivity index (χ1n) is 6.07. The zero-order chi connectivity index (χ0) is 13.7. The molecule has 0 fully saturated rings. The summed E-state index contributed by atoms with van der Waals surface area (Å²) < 4.78 is 19.2. The summed E-state index contributed by atoms with van der Waals surface area (Å²) in [6, 6.07) is 13.2. The van der Waals surface area contributed by atoms with Crippen LogP contribution in [0.2, 0.25) is 0 Å². The van der Waals surface area contributed by atoms with Gasteiger partial charge in [-0.05, 0) is 23.8 Å². The molecule has 19 heavy (non-hydrogen) atoms. The van der Waals surface area contributed by atoms with Crippen molar-refractivity contribution in [2.45, 2.75) is 5.92 Å². The monoisotopic (exact) mass is 261 g/mol. The first-order chi connectivity index (χ1) is 9.22. The van der Waals surface area contributed by atoms with E-state index in [1.165, 1.54) is 12.1 Å². The van der Waals surface area contributed by atoms with Gasteiger partial charge in [0.25, 0.3) is 0 Å². The van der Waals surface area contributed by atoms with E-state index in [9.17, 15) is 9.50 Å². The molecule has 2 aromatic carbocycles. The first-order valence-corrected chi connectivity index (χ1v) is 6.07. The van der Waals surface area contributed by atoms with Gasteiger partial charge in [-0.1, -0.05) is 30.3 Å². The summed E-state index contributed by atoms with van der Waals surface area (Å²) in [7, 11) is 0. The second kappa shape index (κ2) is 6.20. The predicted molar refractivity (Wildman–Crippen MR) is 71.8 cm³/mol. The zero-order valence-electron chi connectivity index (χ0n) is 10.4. The number of para-hydroxylation sites is 2. The molecule has 0 spiro atoms. The number of benzene rings is 2. The molecule has 3 nitrogen and oxygen atoms in total. The van der Waals surface area contributed by atoms with E-state index in [1.54, 1.807) is 36.4 Å².